The van der Waals surface area contributed by atoms with Crippen molar-refractivity contribution < 1.29 is 16.8 Å². The molecule has 10 heteroatoms. The van der Waals surface area contributed by atoms with E-state index in [1.165, 1.54) is 12.1 Å². The topological polar surface area (TPSA) is 106 Å². The van der Waals surface area contributed by atoms with Crippen LogP contribution in [-0.2, 0) is 19.9 Å². The van der Waals surface area contributed by atoms with Crippen LogP contribution in [0.4, 0.5) is 5.69 Å². The Hall–Kier alpha value is -2.30. The summed E-state index contributed by atoms with van der Waals surface area (Å²) in [6.45, 7) is 0. The zero-order valence-electron chi connectivity index (χ0n) is 12.9. The molecule has 2 aromatic heterocycles. The highest BCUT2D eigenvalue weighted by Gasteiger charge is 2.15. The lowest BCUT2D eigenvalue weighted by atomic mass is 10.1. The van der Waals surface area contributed by atoms with Crippen LogP contribution >= 0.6 is 11.3 Å². The molecule has 0 atom stereocenters. The average Bonchev–Trinajstić information content (AvgIpc) is 3.10. The highest BCUT2D eigenvalue weighted by Crippen LogP contribution is 2.23. The van der Waals surface area contributed by atoms with Gasteiger partial charge in [0.15, 0.2) is 14.9 Å². The zero-order valence-corrected chi connectivity index (χ0v) is 15.4. The van der Waals surface area contributed by atoms with Gasteiger partial charge in [0.05, 0.1) is 5.69 Å². The minimum atomic E-state index is -3.60. The summed E-state index contributed by atoms with van der Waals surface area (Å²) in [5.74, 6) is 0. The van der Waals surface area contributed by atoms with Crippen molar-refractivity contribution in [3.8, 4) is 11.3 Å². The molecule has 0 aliphatic rings. The molecule has 7 nitrogen and oxygen atoms in total. The summed E-state index contributed by atoms with van der Waals surface area (Å²) in [6.07, 6.45) is 1.06. The van der Waals surface area contributed by atoms with E-state index in [2.05, 4.69) is 14.9 Å². The van der Waals surface area contributed by atoms with E-state index in [4.69, 9.17) is 0 Å². The van der Waals surface area contributed by atoms with E-state index in [0.29, 0.717) is 16.9 Å². The normalized spacial score (nSPS) is 12.0. The Morgan fingerprint density at radius 3 is 2.16 bits per heavy atom. The van der Waals surface area contributed by atoms with Gasteiger partial charge in [-0.2, -0.15) is 0 Å². The number of sulfone groups is 1. The van der Waals surface area contributed by atoms with Crippen LogP contribution in [0.1, 0.15) is 0 Å². The lowest BCUT2D eigenvalue weighted by Gasteiger charge is -2.07. The standard InChI is InChI=1S/C15H13N3O4S3/c1-24(19,20)14-9-8-13(16-17-14)11-4-6-12(7-5-11)18-25(21,22)15-3-2-10-23-15/h2-10,18H,1H3. The number of nitrogens with zero attached hydrogens (tertiary/aromatic N) is 2. The molecular formula is C15H13N3O4S3. The molecule has 0 aliphatic heterocycles. The van der Waals surface area contributed by atoms with Crippen molar-refractivity contribution in [2.45, 2.75) is 9.24 Å². The van der Waals surface area contributed by atoms with Crippen LogP contribution in [0.5, 0.6) is 0 Å². The Balaban J connectivity index is 1.81. The van der Waals surface area contributed by atoms with Gasteiger partial charge in [0.2, 0.25) is 0 Å². The summed E-state index contributed by atoms with van der Waals surface area (Å²) in [4.78, 5) is 0. The summed E-state index contributed by atoms with van der Waals surface area (Å²) >= 11 is 1.13. The van der Waals surface area contributed by atoms with Crippen molar-refractivity contribution >= 4 is 36.9 Å². The molecule has 130 valence electrons. The fourth-order valence-electron chi connectivity index (χ4n) is 2.00. The summed E-state index contributed by atoms with van der Waals surface area (Å²) in [6, 6.07) is 12.7. The second-order valence-corrected chi connectivity index (χ2v) is 9.96. The lowest BCUT2D eigenvalue weighted by Crippen LogP contribution is -2.11. The van der Waals surface area contributed by atoms with Crippen LogP contribution < -0.4 is 4.72 Å². The zero-order chi connectivity index (χ0) is 18.1. The van der Waals surface area contributed by atoms with E-state index < -0.39 is 19.9 Å². The monoisotopic (exact) mass is 395 g/mol. The van der Waals surface area contributed by atoms with Crippen LogP contribution in [0.15, 0.2) is 63.1 Å². The number of hydrogen-bond donors (Lipinski definition) is 1. The second-order valence-electron chi connectivity index (χ2n) is 5.14. The van der Waals surface area contributed by atoms with Crippen molar-refractivity contribution in [3.63, 3.8) is 0 Å². The van der Waals surface area contributed by atoms with E-state index in [0.717, 1.165) is 17.6 Å². The smallest absolute Gasteiger partial charge is 0.271 e. The number of thiophene rings is 1. The van der Waals surface area contributed by atoms with Crippen LogP contribution in [0.25, 0.3) is 11.3 Å². The molecule has 0 fully saturated rings. The SMILES string of the molecule is CS(=O)(=O)c1ccc(-c2ccc(NS(=O)(=O)c3cccs3)cc2)nn1. The third-order valence-electron chi connectivity index (χ3n) is 3.21. The molecule has 0 spiro atoms. The molecule has 2 heterocycles. The number of anilines is 1. The Bertz CT molecular complexity index is 1070. The first-order valence-electron chi connectivity index (χ1n) is 6.96. The third kappa shape index (κ3) is 4.03. The molecule has 0 unspecified atom stereocenters. The highest BCUT2D eigenvalue weighted by atomic mass is 32.2. The van der Waals surface area contributed by atoms with Crippen molar-refractivity contribution in [2.24, 2.45) is 0 Å². The minimum absolute atomic E-state index is 0.100. The maximum Gasteiger partial charge on any atom is 0.271 e. The molecule has 0 bridgehead atoms. The van der Waals surface area contributed by atoms with E-state index in [9.17, 15) is 16.8 Å². The number of aromatic nitrogens is 2. The van der Waals surface area contributed by atoms with Gasteiger partial charge >= 0.3 is 0 Å². The van der Waals surface area contributed by atoms with Gasteiger partial charge < -0.3 is 0 Å². The first-order chi connectivity index (χ1) is 11.8. The van der Waals surface area contributed by atoms with E-state index in [-0.39, 0.29) is 9.24 Å². The summed E-state index contributed by atoms with van der Waals surface area (Å²) in [7, 11) is -7.00. The molecule has 0 saturated carbocycles. The van der Waals surface area contributed by atoms with Gasteiger partial charge in [-0.1, -0.05) is 18.2 Å². The molecule has 0 aliphatic carbocycles. The average molecular weight is 395 g/mol. The predicted molar refractivity (Wildman–Crippen MR) is 95.7 cm³/mol. The second kappa shape index (κ2) is 6.54. The molecule has 0 saturated heterocycles. The molecule has 0 radical (unpaired) electrons. The minimum Gasteiger partial charge on any atom is -0.279 e. The number of rotatable bonds is 5. The largest absolute Gasteiger partial charge is 0.279 e. The number of hydrogen-bond acceptors (Lipinski definition) is 7. The number of benzene rings is 1. The molecule has 3 aromatic rings. The molecule has 0 amide bonds. The van der Waals surface area contributed by atoms with E-state index >= 15 is 0 Å². The van der Waals surface area contributed by atoms with Gasteiger partial charge in [-0.05, 0) is 35.7 Å². The van der Waals surface area contributed by atoms with Gasteiger partial charge in [0.25, 0.3) is 10.0 Å². The van der Waals surface area contributed by atoms with Gasteiger partial charge in [0, 0.05) is 17.5 Å². The molecule has 25 heavy (non-hydrogen) atoms. The summed E-state index contributed by atoms with van der Waals surface area (Å²) in [5.41, 5.74) is 1.59. The molecular weight excluding hydrogens is 382 g/mol. The van der Waals surface area contributed by atoms with Crippen LogP contribution in [0.2, 0.25) is 0 Å². The van der Waals surface area contributed by atoms with Crippen molar-refractivity contribution in [1.29, 1.82) is 0 Å². The Kier molecular flexibility index (Phi) is 4.58. The third-order valence-corrected chi connectivity index (χ3v) is 6.97. The van der Waals surface area contributed by atoms with Crippen LogP contribution in [0, 0.1) is 0 Å². The summed E-state index contributed by atoms with van der Waals surface area (Å²) < 4.78 is 49.8. The van der Waals surface area contributed by atoms with Gasteiger partial charge in [0.1, 0.15) is 4.21 Å². The van der Waals surface area contributed by atoms with Crippen molar-refractivity contribution in [2.75, 3.05) is 11.0 Å². The highest BCUT2D eigenvalue weighted by molar-refractivity contribution is 7.94. The fourth-order valence-corrected chi connectivity index (χ4v) is 4.56. The molecule has 3 rings (SSSR count). The van der Waals surface area contributed by atoms with E-state index in [1.54, 1.807) is 41.8 Å². The maximum absolute atomic E-state index is 12.2. The molecule has 1 aromatic carbocycles. The van der Waals surface area contributed by atoms with E-state index in [1.807, 2.05) is 0 Å². The summed E-state index contributed by atoms with van der Waals surface area (Å²) in [5, 5.41) is 9.18. The molecule has 1 N–H and O–H groups in total. The van der Waals surface area contributed by atoms with Gasteiger partial charge in [-0.3, -0.25) is 4.72 Å². The van der Waals surface area contributed by atoms with Gasteiger partial charge in [-0.15, -0.1) is 21.5 Å². The first kappa shape index (κ1) is 17.5. The van der Waals surface area contributed by atoms with Crippen molar-refractivity contribution in [1.82, 2.24) is 10.2 Å². The Morgan fingerprint density at radius 2 is 1.64 bits per heavy atom. The Morgan fingerprint density at radius 1 is 0.920 bits per heavy atom. The predicted octanol–water partition coefficient (Wildman–Crippen LogP) is 2.41. The quantitative estimate of drug-likeness (QED) is 0.711. The van der Waals surface area contributed by atoms with Crippen LogP contribution in [0.3, 0.4) is 0 Å². The number of sulfonamides is 1. The van der Waals surface area contributed by atoms with Crippen molar-refractivity contribution in [3.05, 3.63) is 53.9 Å². The number of nitrogens with one attached hydrogen (secondary N) is 1. The fraction of sp³-hybridized carbons (Fsp3) is 0.0667. The van der Waals surface area contributed by atoms with Gasteiger partial charge in [-0.25, -0.2) is 16.8 Å². The maximum atomic E-state index is 12.2. The lowest BCUT2D eigenvalue weighted by molar-refractivity contribution is 0.595. The first-order valence-corrected chi connectivity index (χ1v) is 11.2. The Labute approximate surface area is 149 Å². The van der Waals surface area contributed by atoms with Crippen LogP contribution in [-0.4, -0.2) is 33.3 Å².